The van der Waals surface area contributed by atoms with Crippen LogP contribution in [0.3, 0.4) is 0 Å². The molecule has 1 saturated heterocycles. The van der Waals surface area contributed by atoms with Gasteiger partial charge in [-0.25, -0.2) is 9.59 Å². The summed E-state index contributed by atoms with van der Waals surface area (Å²) >= 11 is 13.5. The van der Waals surface area contributed by atoms with Crippen molar-refractivity contribution in [2.75, 3.05) is 23.4 Å². The molecule has 2 N–H and O–H groups in total. The minimum atomic E-state index is -1.02. The second-order valence-corrected chi connectivity index (χ2v) is 6.11. The average Bonchev–Trinajstić information content (AvgIpc) is 2.43. The smallest absolute Gasteiger partial charge is 0.327 e. The highest BCUT2D eigenvalue weighted by molar-refractivity contribution is 7.99. The number of carbonyl (C=O) groups is 2. The zero-order valence-corrected chi connectivity index (χ0v) is 12.6. The molecule has 1 aliphatic rings. The van der Waals surface area contributed by atoms with Gasteiger partial charge >= 0.3 is 12.0 Å². The van der Waals surface area contributed by atoms with Crippen molar-refractivity contribution >= 4 is 52.7 Å². The Bertz CT molecular complexity index is 521. The first-order chi connectivity index (χ1) is 9.50. The van der Waals surface area contributed by atoms with Crippen molar-refractivity contribution < 1.29 is 14.7 Å². The largest absolute Gasteiger partial charge is 0.480 e. The average molecular weight is 335 g/mol. The number of amides is 2. The quantitative estimate of drug-likeness (QED) is 0.872. The van der Waals surface area contributed by atoms with Gasteiger partial charge in [-0.2, -0.15) is 11.8 Å². The number of hydrogen-bond acceptors (Lipinski definition) is 3. The van der Waals surface area contributed by atoms with E-state index in [2.05, 4.69) is 5.32 Å². The number of halogens is 2. The minimum absolute atomic E-state index is 0.295. The van der Waals surface area contributed by atoms with E-state index >= 15 is 0 Å². The number of rotatable bonds is 2. The van der Waals surface area contributed by atoms with Gasteiger partial charge in [0.25, 0.3) is 0 Å². The lowest BCUT2D eigenvalue weighted by Crippen LogP contribution is -2.51. The Kier molecular flexibility index (Phi) is 5.01. The fourth-order valence-corrected chi connectivity index (χ4v) is 3.38. The second-order valence-electron chi connectivity index (χ2n) is 4.15. The number of aliphatic carboxylic acids is 1. The SMILES string of the molecule is O=C(O)C1CSCCN1C(=O)Nc1c(Cl)cccc1Cl. The van der Waals surface area contributed by atoms with Crippen molar-refractivity contribution in [1.82, 2.24) is 4.90 Å². The van der Waals surface area contributed by atoms with Crippen LogP contribution in [-0.4, -0.2) is 46.1 Å². The first-order valence-corrected chi connectivity index (χ1v) is 7.74. The number of para-hydroxylation sites is 1. The summed E-state index contributed by atoms with van der Waals surface area (Å²) in [6.45, 7) is 0.371. The van der Waals surface area contributed by atoms with Gasteiger partial charge in [-0.3, -0.25) is 0 Å². The molecule has 1 heterocycles. The molecule has 0 radical (unpaired) electrons. The Morgan fingerprint density at radius 2 is 2.00 bits per heavy atom. The number of hydrogen-bond donors (Lipinski definition) is 2. The number of carboxylic acids is 1. The fourth-order valence-electron chi connectivity index (χ4n) is 1.85. The molecule has 0 spiro atoms. The van der Waals surface area contributed by atoms with Crippen molar-refractivity contribution in [3.05, 3.63) is 28.2 Å². The highest BCUT2D eigenvalue weighted by atomic mass is 35.5. The van der Waals surface area contributed by atoms with Gasteiger partial charge in [-0.1, -0.05) is 29.3 Å². The normalized spacial score (nSPS) is 18.7. The summed E-state index contributed by atoms with van der Waals surface area (Å²) in [7, 11) is 0. The summed E-state index contributed by atoms with van der Waals surface area (Å²) in [5.74, 6) is 0.0597. The summed E-state index contributed by atoms with van der Waals surface area (Å²) in [5.41, 5.74) is 0.295. The molecule has 8 heteroatoms. The molecule has 1 aromatic carbocycles. The van der Waals surface area contributed by atoms with E-state index in [-0.39, 0.29) is 0 Å². The Morgan fingerprint density at radius 3 is 2.60 bits per heavy atom. The van der Waals surface area contributed by atoms with E-state index in [4.69, 9.17) is 28.3 Å². The zero-order valence-electron chi connectivity index (χ0n) is 10.3. The van der Waals surface area contributed by atoms with E-state index < -0.39 is 18.0 Å². The third-order valence-corrected chi connectivity index (χ3v) is 4.52. The third kappa shape index (κ3) is 3.31. The number of nitrogens with zero attached hydrogens (tertiary/aromatic N) is 1. The van der Waals surface area contributed by atoms with Gasteiger partial charge < -0.3 is 15.3 Å². The molecule has 0 aliphatic carbocycles. The molecule has 5 nitrogen and oxygen atoms in total. The van der Waals surface area contributed by atoms with E-state index in [0.717, 1.165) is 0 Å². The molecule has 1 unspecified atom stereocenters. The van der Waals surface area contributed by atoms with Crippen LogP contribution in [0, 0.1) is 0 Å². The number of carbonyl (C=O) groups excluding carboxylic acids is 1. The molecule has 0 bridgehead atoms. The van der Waals surface area contributed by atoms with Crippen LogP contribution < -0.4 is 5.32 Å². The second kappa shape index (κ2) is 6.56. The van der Waals surface area contributed by atoms with Crippen LogP contribution in [0.15, 0.2) is 18.2 Å². The molecular formula is C12H12Cl2N2O3S. The number of urea groups is 1. The maximum Gasteiger partial charge on any atom is 0.327 e. The lowest BCUT2D eigenvalue weighted by molar-refractivity contribution is -0.141. The van der Waals surface area contributed by atoms with Gasteiger partial charge in [-0.15, -0.1) is 0 Å². The van der Waals surface area contributed by atoms with Crippen LogP contribution in [0.25, 0.3) is 0 Å². The topological polar surface area (TPSA) is 69.6 Å². The van der Waals surface area contributed by atoms with E-state index in [1.54, 1.807) is 18.2 Å². The predicted molar refractivity (Wildman–Crippen MR) is 80.9 cm³/mol. The highest BCUT2D eigenvalue weighted by Gasteiger charge is 2.32. The maximum atomic E-state index is 12.2. The number of anilines is 1. The predicted octanol–water partition coefficient (Wildman–Crippen LogP) is 3.03. The van der Waals surface area contributed by atoms with E-state index in [1.807, 2.05) is 0 Å². The number of benzene rings is 1. The van der Waals surface area contributed by atoms with Crippen LogP contribution in [0.1, 0.15) is 0 Å². The Morgan fingerprint density at radius 1 is 1.35 bits per heavy atom. The molecule has 20 heavy (non-hydrogen) atoms. The van der Waals surface area contributed by atoms with Crippen LogP contribution in [0.5, 0.6) is 0 Å². The van der Waals surface area contributed by atoms with Gasteiger partial charge in [0.1, 0.15) is 6.04 Å². The van der Waals surface area contributed by atoms with Gasteiger partial charge in [0.05, 0.1) is 15.7 Å². The molecular weight excluding hydrogens is 323 g/mol. The molecule has 2 amide bonds. The monoisotopic (exact) mass is 334 g/mol. The number of thioether (sulfide) groups is 1. The van der Waals surface area contributed by atoms with E-state index in [9.17, 15) is 9.59 Å². The van der Waals surface area contributed by atoms with Crippen molar-refractivity contribution in [3.63, 3.8) is 0 Å². The summed E-state index contributed by atoms with van der Waals surface area (Å²) in [6, 6.07) is 3.52. The lowest BCUT2D eigenvalue weighted by Gasteiger charge is -2.32. The molecule has 0 saturated carbocycles. The van der Waals surface area contributed by atoms with Crippen molar-refractivity contribution in [1.29, 1.82) is 0 Å². The summed E-state index contributed by atoms with van der Waals surface area (Å²) in [6.07, 6.45) is 0. The number of nitrogens with one attached hydrogen (secondary N) is 1. The molecule has 1 aliphatic heterocycles. The summed E-state index contributed by atoms with van der Waals surface area (Å²) < 4.78 is 0. The first-order valence-electron chi connectivity index (χ1n) is 5.83. The molecule has 0 aromatic heterocycles. The molecule has 1 atom stereocenters. The van der Waals surface area contributed by atoms with Crippen LogP contribution in [0.2, 0.25) is 10.0 Å². The molecule has 2 rings (SSSR count). The van der Waals surface area contributed by atoms with Crippen molar-refractivity contribution in [2.24, 2.45) is 0 Å². The summed E-state index contributed by atoms with van der Waals surface area (Å²) in [5, 5.41) is 12.3. The third-order valence-electron chi connectivity index (χ3n) is 2.87. The molecule has 1 aromatic rings. The number of carboxylic acid groups (broad SMARTS) is 1. The Balaban J connectivity index is 2.16. The maximum absolute atomic E-state index is 12.2. The van der Waals surface area contributed by atoms with Crippen LogP contribution >= 0.6 is 35.0 Å². The Labute approximate surface area is 130 Å². The standard InChI is InChI=1S/C12H12Cl2N2O3S/c13-7-2-1-3-8(14)10(7)15-12(19)16-4-5-20-6-9(16)11(17)18/h1-3,9H,4-6H2,(H,15,19)(H,17,18). The fraction of sp³-hybridized carbons (Fsp3) is 0.333. The molecule has 1 fully saturated rings. The van der Waals surface area contributed by atoms with Gasteiger partial charge in [-0.05, 0) is 12.1 Å². The van der Waals surface area contributed by atoms with Crippen molar-refractivity contribution in [3.8, 4) is 0 Å². The summed E-state index contributed by atoms with van der Waals surface area (Å²) in [4.78, 5) is 24.7. The van der Waals surface area contributed by atoms with Gasteiger partial charge in [0.2, 0.25) is 0 Å². The van der Waals surface area contributed by atoms with Gasteiger partial charge in [0, 0.05) is 18.1 Å². The lowest BCUT2D eigenvalue weighted by atomic mass is 10.3. The van der Waals surface area contributed by atoms with Crippen molar-refractivity contribution in [2.45, 2.75) is 6.04 Å². The van der Waals surface area contributed by atoms with Crippen LogP contribution in [0.4, 0.5) is 10.5 Å². The highest BCUT2D eigenvalue weighted by Crippen LogP contribution is 2.30. The first kappa shape index (κ1) is 15.3. The van der Waals surface area contributed by atoms with Gasteiger partial charge in [0.15, 0.2) is 0 Å². The van der Waals surface area contributed by atoms with E-state index in [0.29, 0.717) is 33.8 Å². The van der Waals surface area contributed by atoms with Crippen LogP contribution in [-0.2, 0) is 4.79 Å². The zero-order chi connectivity index (χ0) is 14.7. The minimum Gasteiger partial charge on any atom is -0.480 e. The van der Waals surface area contributed by atoms with E-state index in [1.165, 1.54) is 16.7 Å². The Hall–Kier alpha value is -1.11. The molecule has 108 valence electrons.